The summed E-state index contributed by atoms with van der Waals surface area (Å²) in [6, 6.07) is 9.63. The van der Waals surface area contributed by atoms with Crippen LogP contribution in [0.5, 0.6) is 0 Å². The van der Waals surface area contributed by atoms with Crippen LogP contribution in [0.1, 0.15) is 5.56 Å². The van der Waals surface area contributed by atoms with Crippen LogP contribution >= 0.6 is 0 Å². The lowest BCUT2D eigenvalue weighted by molar-refractivity contribution is 0.106. The average molecular weight is 288 g/mol. The summed E-state index contributed by atoms with van der Waals surface area (Å²) in [5.74, 6) is 0. The van der Waals surface area contributed by atoms with E-state index in [4.69, 9.17) is 4.74 Å². The van der Waals surface area contributed by atoms with E-state index in [1.807, 2.05) is 43.6 Å². The van der Waals surface area contributed by atoms with Crippen LogP contribution in [0.25, 0.3) is 0 Å². The predicted octanol–water partition coefficient (Wildman–Crippen LogP) is 2.10. The minimum atomic E-state index is -0.327. The number of nitrogens with zero attached hydrogens (tertiary/aromatic N) is 3. The lowest BCUT2D eigenvalue weighted by Crippen LogP contribution is -2.31. The average Bonchev–Trinajstić information content (AvgIpc) is 2.91. The van der Waals surface area contributed by atoms with Gasteiger partial charge in [-0.25, -0.2) is 4.79 Å². The number of hydrogen-bond acceptors (Lipinski definition) is 4. The first-order chi connectivity index (χ1) is 10.1. The molecule has 0 aliphatic heterocycles. The maximum Gasteiger partial charge on any atom is 0.409 e. The number of ether oxygens (including phenoxy) is 1. The molecular formula is C15H20N4O2. The van der Waals surface area contributed by atoms with Crippen molar-refractivity contribution in [2.75, 3.05) is 25.5 Å². The zero-order valence-electron chi connectivity index (χ0n) is 12.3. The maximum atomic E-state index is 11.8. The van der Waals surface area contributed by atoms with Crippen LogP contribution in [-0.2, 0) is 18.4 Å². The largest absolute Gasteiger partial charge is 0.445 e. The number of amides is 1. The zero-order valence-corrected chi connectivity index (χ0v) is 12.3. The van der Waals surface area contributed by atoms with E-state index in [-0.39, 0.29) is 6.09 Å². The summed E-state index contributed by atoms with van der Waals surface area (Å²) >= 11 is 0. The number of nitrogens with one attached hydrogen (secondary N) is 1. The number of aromatic nitrogens is 2. The summed E-state index contributed by atoms with van der Waals surface area (Å²) in [7, 11) is 3.58. The topological polar surface area (TPSA) is 59.4 Å². The molecule has 0 saturated carbocycles. The molecule has 1 aromatic heterocycles. The number of anilines is 1. The Balaban J connectivity index is 1.67. The number of carbonyl (C=O) groups excluding carboxylic acids is 1. The van der Waals surface area contributed by atoms with E-state index < -0.39 is 0 Å². The van der Waals surface area contributed by atoms with Crippen molar-refractivity contribution >= 4 is 11.8 Å². The number of likely N-dealkylation sites (N-methyl/N-ethyl adjacent to an activating group) is 1. The highest BCUT2D eigenvalue weighted by atomic mass is 16.6. The highest BCUT2D eigenvalue weighted by Gasteiger charge is 2.09. The van der Waals surface area contributed by atoms with Gasteiger partial charge in [-0.3, -0.25) is 4.68 Å². The molecule has 0 radical (unpaired) electrons. The van der Waals surface area contributed by atoms with Crippen LogP contribution in [0.3, 0.4) is 0 Å². The fourth-order valence-electron chi connectivity index (χ4n) is 1.80. The van der Waals surface area contributed by atoms with Crippen LogP contribution < -0.4 is 5.32 Å². The molecule has 112 valence electrons. The quantitative estimate of drug-likeness (QED) is 0.884. The summed E-state index contributed by atoms with van der Waals surface area (Å²) in [6.45, 7) is 1.49. The van der Waals surface area contributed by atoms with E-state index in [1.54, 1.807) is 22.8 Å². The van der Waals surface area contributed by atoms with E-state index in [9.17, 15) is 4.79 Å². The summed E-state index contributed by atoms with van der Waals surface area (Å²) < 4.78 is 6.96. The Hall–Kier alpha value is -2.50. The van der Waals surface area contributed by atoms with Gasteiger partial charge in [-0.2, -0.15) is 5.10 Å². The molecule has 0 fully saturated rings. The molecule has 0 unspecified atom stereocenters. The van der Waals surface area contributed by atoms with Gasteiger partial charge in [0.1, 0.15) is 6.61 Å². The highest BCUT2D eigenvalue weighted by molar-refractivity contribution is 5.67. The molecule has 1 heterocycles. The fraction of sp³-hybridized carbons (Fsp3) is 0.333. The van der Waals surface area contributed by atoms with Crippen molar-refractivity contribution in [1.29, 1.82) is 0 Å². The van der Waals surface area contributed by atoms with Gasteiger partial charge in [0, 0.05) is 33.4 Å². The zero-order chi connectivity index (χ0) is 15.1. The van der Waals surface area contributed by atoms with E-state index in [0.717, 1.165) is 11.3 Å². The van der Waals surface area contributed by atoms with E-state index in [1.165, 1.54) is 0 Å². The first-order valence-electron chi connectivity index (χ1n) is 6.79. The molecule has 21 heavy (non-hydrogen) atoms. The van der Waals surface area contributed by atoms with Gasteiger partial charge in [-0.05, 0) is 5.56 Å². The van der Waals surface area contributed by atoms with Gasteiger partial charge >= 0.3 is 6.09 Å². The standard InChI is InChI=1S/C15H20N4O2/c1-18(9-8-16-14-10-17-19(2)11-14)15(20)21-12-13-6-4-3-5-7-13/h3-7,10-11,16H,8-9,12H2,1-2H3. The molecular weight excluding hydrogens is 268 g/mol. The Labute approximate surface area is 124 Å². The molecule has 2 aromatic rings. The molecule has 0 atom stereocenters. The van der Waals surface area contributed by atoms with Gasteiger partial charge in [0.25, 0.3) is 0 Å². The van der Waals surface area contributed by atoms with Crippen molar-refractivity contribution < 1.29 is 9.53 Å². The van der Waals surface area contributed by atoms with Crippen molar-refractivity contribution in [2.45, 2.75) is 6.61 Å². The molecule has 0 aliphatic carbocycles. The van der Waals surface area contributed by atoms with Crippen molar-refractivity contribution in [2.24, 2.45) is 7.05 Å². The van der Waals surface area contributed by atoms with Crippen molar-refractivity contribution in [3.8, 4) is 0 Å². The fourth-order valence-corrected chi connectivity index (χ4v) is 1.80. The Bertz CT molecular complexity index is 568. The molecule has 1 amide bonds. The van der Waals surface area contributed by atoms with Gasteiger partial charge in [0.15, 0.2) is 0 Å². The second-order valence-electron chi connectivity index (χ2n) is 4.79. The third-order valence-electron chi connectivity index (χ3n) is 3.00. The Morgan fingerprint density at radius 2 is 2.14 bits per heavy atom. The molecule has 2 rings (SSSR count). The minimum Gasteiger partial charge on any atom is -0.445 e. The van der Waals surface area contributed by atoms with Crippen molar-refractivity contribution in [1.82, 2.24) is 14.7 Å². The summed E-state index contributed by atoms with van der Waals surface area (Å²) in [6.07, 6.45) is 3.30. The summed E-state index contributed by atoms with van der Waals surface area (Å²) in [4.78, 5) is 13.4. The molecule has 0 saturated heterocycles. The Morgan fingerprint density at radius 3 is 2.81 bits per heavy atom. The normalized spacial score (nSPS) is 10.2. The smallest absolute Gasteiger partial charge is 0.409 e. The van der Waals surface area contributed by atoms with Crippen LogP contribution in [0, 0.1) is 0 Å². The first-order valence-corrected chi connectivity index (χ1v) is 6.79. The van der Waals surface area contributed by atoms with Gasteiger partial charge in [-0.1, -0.05) is 30.3 Å². The van der Waals surface area contributed by atoms with Crippen molar-refractivity contribution in [3.05, 3.63) is 48.3 Å². The molecule has 6 nitrogen and oxygen atoms in total. The number of hydrogen-bond donors (Lipinski definition) is 1. The first kappa shape index (κ1) is 14.9. The Kier molecular flexibility index (Phi) is 5.20. The lowest BCUT2D eigenvalue weighted by Gasteiger charge is -2.17. The van der Waals surface area contributed by atoms with Crippen LogP contribution in [0.2, 0.25) is 0 Å². The third-order valence-corrected chi connectivity index (χ3v) is 3.00. The Morgan fingerprint density at radius 1 is 1.38 bits per heavy atom. The number of rotatable bonds is 6. The summed E-state index contributed by atoms with van der Waals surface area (Å²) in [5.41, 5.74) is 1.91. The maximum absolute atomic E-state index is 11.8. The molecule has 0 aliphatic rings. The second kappa shape index (κ2) is 7.33. The minimum absolute atomic E-state index is 0.292. The van der Waals surface area contributed by atoms with E-state index in [0.29, 0.717) is 19.7 Å². The third kappa shape index (κ3) is 4.83. The van der Waals surface area contributed by atoms with Gasteiger partial charge in [-0.15, -0.1) is 0 Å². The van der Waals surface area contributed by atoms with E-state index in [2.05, 4.69) is 10.4 Å². The summed E-state index contributed by atoms with van der Waals surface area (Å²) in [5, 5.41) is 7.25. The molecule has 0 bridgehead atoms. The lowest BCUT2D eigenvalue weighted by atomic mass is 10.2. The van der Waals surface area contributed by atoms with Gasteiger partial charge in [0.05, 0.1) is 11.9 Å². The van der Waals surface area contributed by atoms with Gasteiger partial charge in [0.2, 0.25) is 0 Å². The molecule has 1 N–H and O–H groups in total. The number of aryl methyl sites for hydroxylation is 1. The molecule has 6 heteroatoms. The van der Waals surface area contributed by atoms with Crippen LogP contribution in [0.4, 0.5) is 10.5 Å². The monoisotopic (exact) mass is 288 g/mol. The van der Waals surface area contributed by atoms with Crippen molar-refractivity contribution in [3.63, 3.8) is 0 Å². The molecule has 0 spiro atoms. The number of carbonyl (C=O) groups is 1. The van der Waals surface area contributed by atoms with E-state index >= 15 is 0 Å². The molecule has 1 aromatic carbocycles. The number of benzene rings is 1. The van der Waals surface area contributed by atoms with Gasteiger partial charge < -0.3 is 15.0 Å². The SMILES string of the molecule is CN(CCNc1cnn(C)c1)C(=O)OCc1ccccc1. The van der Waals surface area contributed by atoms with Crippen LogP contribution in [-0.4, -0.2) is 40.9 Å². The highest BCUT2D eigenvalue weighted by Crippen LogP contribution is 2.04. The second-order valence-corrected chi connectivity index (χ2v) is 4.79. The van der Waals surface area contributed by atoms with Crippen LogP contribution in [0.15, 0.2) is 42.7 Å². The predicted molar refractivity (Wildman–Crippen MR) is 81.0 cm³/mol.